The molecule has 2 rings (SSSR count). The number of primary amides is 1. The molecule has 0 aliphatic heterocycles. The van der Waals surface area contributed by atoms with E-state index in [0.29, 0.717) is 11.3 Å². The zero-order valence-electron chi connectivity index (χ0n) is 14.1. The number of nitrogens with zero attached hydrogens (tertiary/aromatic N) is 1. The topological polar surface area (TPSA) is 92.9 Å². The predicted molar refractivity (Wildman–Crippen MR) is 86.7 cm³/mol. The molecule has 0 spiro atoms. The number of hydrogen-bond acceptors (Lipinski definition) is 6. The largest absolute Gasteiger partial charge is 0.574 e. The molecule has 7 nitrogen and oxygen atoms in total. The summed E-state index contributed by atoms with van der Waals surface area (Å²) in [6.45, 7) is 0. The number of alkyl halides is 3. The lowest BCUT2D eigenvalue weighted by molar-refractivity contribution is -0.276. The van der Waals surface area contributed by atoms with Gasteiger partial charge in [-0.1, -0.05) is 11.8 Å². The van der Waals surface area contributed by atoms with E-state index >= 15 is 0 Å². The van der Waals surface area contributed by atoms with Crippen LogP contribution >= 0.6 is 0 Å². The van der Waals surface area contributed by atoms with Gasteiger partial charge in [0, 0.05) is 11.6 Å². The number of amides is 1. The van der Waals surface area contributed by atoms with E-state index in [1.54, 1.807) is 24.3 Å². The Morgan fingerprint density at radius 3 is 2.26 bits per heavy atom. The number of carbonyl (C=O) groups is 1. The summed E-state index contributed by atoms with van der Waals surface area (Å²) in [6, 6.07) is 7.72. The van der Waals surface area contributed by atoms with Crippen LogP contribution in [0, 0.1) is 11.8 Å². The molecular weight excluding hydrogens is 369 g/mol. The SMILES string of the molecule is COc1ccc(C#Cc2cc(OC(N)=O)c(OC(F)(F)F)nc2OC)cc1. The number of carbonyl (C=O) groups excluding carboxylic acids is 1. The summed E-state index contributed by atoms with van der Waals surface area (Å²) < 4.78 is 55.8. The monoisotopic (exact) mass is 382 g/mol. The normalized spacial score (nSPS) is 10.4. The van der Waals surface area contributed by atoms with Crippen molar-refractivity contribution >= 4 is 6.09 Å². The second-order valence-corrected chi connectivity index (χ2v) is 4.80. The summed E-state index contributed by atoms with van der Waals surface area (Å²) >= 11 is 0. The lowest BCUT2D eigenvalue weighted by Gasteiger charge is -2.13. The summed E-state index contributed by atoms with van der Waals surface area (Å²) in [6.07, 6.45) is -6.41. The van der Waals surface area contributed by atoms with E-state index in [0.717, 1.165) is 6.07 Å². The third-order valence-corrected chi connectivity index (χ3v) is 2.97. The highest BCUT2D eigenvalue weighted by molar-refractivity contribution is 5.69. The molecule has 0 radical (unpaired) electrons. The summed E-state index contributed by atoms with van der Waals surface area (Å²) in [7, 11) is 2.70. The van der Waals surface area contributed by atoms with Crippen LogP contribution in [0.4, 0.5) is 18.0 Å². The summed E-state index contributed by atoms with van der Waals surface area (Å²) in [5.74, 6) is 4.13. The minimum atomic E-state index is -5.07. The second-order valence-electron chi connectivity index (χ2n) is 4.80. The smallest absolute Gasteiger partial charge is 0.497 e. The van der Waals surface area contributed by atoms with Crippen LogP contribution in [0.15, 0.2) is 30.3 Å². The minimum Gasteiger partial charge on any atom is -0.497 e. The quantitative estimate of drug-likeness (QED) is 0.818. The van der Waals surface area contributed by atoms with Crippen LogP contribution in [0.5, 0.6) is 23.3 Å². The molecule has 0 fully saturated rings. The van der Waals surface area contributed by atoms with Crippen LogP contribution in [0.2, 0.25) is 0 Å². The standard InChI is InChI=1S/C17H13F3N2O5/c1-24-12-7-4-10(5-8-12)3-6-11-9-13(26-16(21)23)15(22-14(11)25-2)27-17(18,19)20/h4-5,7-9H,1-2H3,(H2,21,23). The first-order valence-electron chi connectivity index (χ1n) is 7.20. The van der Waals surface area contributed by atoms with Crippen LogP contribution in [0.3, 0.4) is 0 Å². The van der Waals surface area contributed by atoms with Gasteiger partial charge in [-0.25, -0.2) is 4.79 Å². The number of hydrogen-bond donors (Lipinski definition) is 1. The van der Waals surface area contributed by atoms with Crippen molar-refractivity contribution in [3.8, 4) is 35.1 Å². The van der Waals surface area contributed by atoms with Gasteiger partial charge in [-0.3, -0.25) is 0 Å². The molecule has 1 amide bonds. The highest BCUT2D eigenvalue weighted by atomic mass is 19.4. The number of rotatable bonds is 4. The van der Waals surface area contributed by atoms with Crippen molar-refractivity contribution in [3.63, 3.8) is 0 Å². The molecule has 1 heterocycles. The Kier molecular flexibility index (Phi) is 5.97. The van der Waals surface area contributed by atoms with E-state index < -0.39 is 24.1 Å². The molecule has 0 bridgehead atoms. The Hall–Kier alpha value is -3.61. The Morgan fingerprint density at radius 2 is 1.74 bits per heavy atom. The van der Waals surface area contributed by atoms with E-state index in [9.17, 15) is 18.0 Å². The molecule has 0 atom stereocenters. The number of aromatic nitrogens is 1. The molecule has 27 heavy (non-hydrogen) atoms. The summed E-state index contributed by atoms with van der Waals surface area (Å²) in [4.78, 5) is 14.5. The van der Waals surface area contributed by atoms with Crippen LogP contribution in [-0.4, -0.2) is 31.7 Å². The molecule has 2 aromatic rings. The van der Waals surface area contributed by atoms with Gasteiger partial charge in [-0.05, 0) is 24.3 Å². The molecule has 1 aromatic heterocycles. The Balaban J connectivity index is 2.45. The maximum atomic E-state index is 12.5. The highest BCUT2D eigenvalue weighted by Crippen LogP contribution is 2.34. The number of halogens is 3. The van der Waals surface area contributed by atoms with E-state index in [1.165, 1.54) is 14.2 Å². The van der Waals surface area contributed by atoms with Crippen molar-refractivity contribution in [1.29, 1.82) is 0 Å². The molecule has 0 saturated heterocycles. The fraction of sp³-hybridized carbons (Fsp3) is 0.176. The van der Waals surface area contributed by atoms with Crippen molar-refractivity contribution in [2.75, 3.05) is 14.2 Å². The molecule has 1 aromatic carbocycles. The highest BCUT2D eigenvalue weighted by Gasteiger charge is 2.34. The van der Waals surface area contributed by atoms with E-state index in [4.69, 9.17) is 15.2 Å². The number of ether oxygens (including phenoxy) is 4. The third kappa shape index (κ3) is 5.71. The lowest BCUT2D eigenvalue weighted by Crippen LogP contribution is -2.21. The van der Waals surface area contributed by atoms with Crippen LogP contribution < -0.4 is 24.7 Å². The first-order chi connectivity index (χ1) is 12.7. The van der Waals surface area contributed by atoms with Gasteiger partial charge in [0.15, 0.2) is 5.75 Å². The molecule has 0 saturated carbocycles. The number of pyridine rings is 1. The van der Waals surface area contributed by atoms with Crippen molar-refractivity contribution in [2.45, 2.75) is 6.36 Å². The average Bonchev–Trinajstić information content (AvgIpc) is 2.60. The molecule has 0 aliphatic rings. The molecule has 2 N–H and O–H groups in total. The van der Waals surface area contributed by atoms with Crippen molar-refractivity contribution in [2.24, 2.45) is 5.73 Å². The van der Waals surface area contributed by atoms with Gasteiger partial charge in [0.2, 0.25) is 5.88 Å². The van der Waals surface area contributed by atoms with Crippen molar-refractivity contribution in [3.05, 3.63) is 41.5 Å². The predicted octanol–water partition coefficient (Wildman–Crippen LogP) is 2.85. The Bertz CT molecular complexity index is 886. The third-order valence-electron chi connectivity index (χ3n) is 2.97. The van der Waals surface area contributed by atoms with Crippen molar-refractivity contribution < 1.29 is 36.9 Å². The Labute approximate surface area is 151 Å². The van der Waals surface area contributed by atoms with Crippen molar-refractivity contribution in [1.82, 2.24) is 4.98 Å². The van der Waals surface area contributed by atoms with Crippen LogP contribution in [0.1, 0.15) is 11.1 Å². The van der Waals surface area contributed by atoms with Gasteiger partial charge in [0.05, 0.1) is 19.8 Å². The fourth-order valence-corrected chi connectivity index (χ4v) is 1.89. The molecule has 0 aliphatic carbocycles. The van der Waals surface area contributed by atoms with Gasteiger partial charge in [-0.2, -0.15) is 4.98 Å². The number of methoxy groups -OCH3 is 2. The maximum absolute atomic E-state index is 12.5. The van der Waals surface area contributed by atoms with E-state index in [2.05, 4.69) is 26.3 Å². The zero-order chi connectivity index (χ0) is 20.0. The minimum absolute atomic E-state index is 0.0547. The molecule has 142 valence electrons. The molecule has 10 heteroatoms. The fourth-order valence-electron chi connectivity index (χ4n) is 1.89. The maximum Gasteiger partial charge on any atom is 0.574 e. The number of nitrogens with two attached hydrogens (primary N) is 1. The average molecular weight is 382 g/mol. The second kappa shape index (κ2) is 8.18. The number of benzene rings is 1. The zero-order valence-corrected chi connectivity index (χ0v) is 14.1. The van der Waals surface area contributed by atoms with Gasteiger partial charge in [0.25, 0.3) is 5.88 Å². The van der Waals surface area contributed by atoms with Crippen LogP contribution in [0.25, 0.3) is 0 Å². The van der Waals surface area contributed by atoms with E-state index in [-0.39, 0.29) is 11.4 Å². The van der Waals surface area contributed by atoms with E-state index in [1.807, 2.05) is 0 Å². The summed E-state index contributed by atoms with van der Waals surface area (Å²) in [5, 5.41) is 0. The molecular formula is C17H13F3N2O5. The van der Waals surface area contributed by atoms with Gasteiger partial charge >= 0.3 is 12.5 Å². The lowest BCUT2D eigenvalue weighted by atomic mass is 10.2. The first-order valence-corrected chi connectivity index (χ1v) is 7.20. The molecule has 0 unspecified atom stereocenters. The van der Waals surface area contributed by atoms with Crippen LogP contribution in [-0.2, 0) is 0 Å². The first kappa shape index (κ1) is 19.7. The Morgan fingerprint density at radius 1 is 1.07 bits per heavy atom. The summed E-state index contributed by atoms with van der Waals surface area (Å²) in [5.41, 5.74) is 5.51. The van der Waals surface area contributed by atoms with Gasteiger partial charge in [0.1, 0.15) is 5.75 Å². The van der Waals surface area contributed by atoms with Gasteiger partial charge in [-0.15, -0.1) is 13.2 Å². The van der Waals surface area contributed by atoms with Gasteiger partial charge < -0.3 is 24.7 Å².